The summed E-state index contributed by atoms with van der Waals surface area (Å²) in [5.74, 6) is 0. The number of hydrogen-bond acceptors (Lipinski definition) is 5. The van der Waals surface area contributed by atoms with Gasteiger partial charge in [0.25, 0.3) is 0 Å². The number of amides is 2. The van der Waals surface area contributed by atoms with Crippen molar-refractivity contribution in [1.82, 2.24) is 10.2 Å². The average Bonchev–Trinajstić information content (AvgIpc) is 2.52. The fourth-order valence-corrected chi connectivity index (χ4v) is 2.58. The number of aliphatic hydroxyl groups excluding tert-OH is 1. The van der Waals surface area contributed by atoms with E-state index >= 15 is 0 Å². The second kappa shape index (κ2) is 8.20. The number of β-amino-alcohol motifs (C(OH)–C–C–N with tert-alkyl or cyclic N) is 1. The van der Waals surface area contributed by atoms with Crippen LogP contribution in [0.5, 0.6) is 0 Å². The van der Waals surface area contributed by atoms with E-state index in [1.54, 1.807) is 20.8 Å². The summed E-state index contributed by atoms with van der Waals surface area (Å²) in [6, 6.07) is 8.96. The van der Waals surface area contributed by atoms with Gasteiger partial charge in [-0.3, -0.25) is 0 Å². The van der Waals surface area contributed by atoms with Crippen LogP contribution in [0, 0.1) is 0 Å². The van der Waals surface area contributed by atoms with Crippen molar-refractivity contribution in [3.63, 3.8) is 0 Å². The first-order chi connectivity index (χ1) is 11.7. The van der Waals surface area contributed by atoms with Gasteiger partial charge < -0.3 is 24.8 Å². The van der Waals surface area contributed by atoms with E-state index in [0.29, 0.717) is 6.42 Å². The van der Waals surface area contributed by atoms with E-state index in [2.05, 4.69) is 5.32 Å². The summed E-state index contributed by atoms with van der Waals surface area (Å²) < 4.78 is 10.5. The number of likely N-dealkylation sites (tertiary alicyclic amines) is 1. The van der Waals surface area contributed by atoms with Crippen LogP contribution < -0.4 is 5.32 Å². The normalized spacial score (nSPS) is 20.7. The molecule has 0 aromatic heterocycles. The molecular formula is C18H26N2O5. The van der Waals surface area contributed by atoms with Crippen molar-refractivity contribution >= 4 is 12.2 Å². The minimum absolute atomic E-state index is 0.164. The Bertz CT molecular complexity index is 585. The van der Waals surface area contributed by atoms with E-state index < -0.39 is 23.9 Å². The minimum atomic E-state index is -0.722. The summed E-state index contributed by atoms with van der Waals surface area (Å²) in [6.45, 7) is 5.96. The molecule has 0 radical (unpaired) electrons. The molecule has 2 N–H and O–H groups in total. The molecule has 0 saturated carbocycles. The molecule has 2 amide bonds. The summed E-state index contributed by atoms with van der Waals surface area (Å²) in [4.78, 5) is 25.5. The van der Waals surface area contributed by atoms with E-state index in [1.807, 2.05) is 30.3 Å². The minimum Gasteiger partial charge on any atom is -0.445 e. The number of piperidine rings is 1. The highest BCUT2D eigenvalue weighted by Crippen LogP contribution is 2.16. The van der Waals surface area contributed by atoms with E-state index in [4.69, 9.17) is 9.47 Å². The predicted molar refractivity (Wildman–Crippen MR) is 92.0 cm³/mol. The number of benzene rings is 1. The molecule has 1 aliphatic rings. The fourth-order valence-electron chi connectivity index (χ4n) is 2.58. The van der Waals surface area contributed by atoms with Gasteiger partial charge in [0.05, 0.1) is 18.7 Å². The molecule has 7 nitrogen and oxygen atoms in total. The standard InChI is InChI=1S/C18H26N2O5/c1-18(2,3)25-17(23)20-10-14(9-15(21)11-20)19-16(22)24-12-13-7-5-4-6-8-13/h4-8,14-15,21H,9-12H2,1-3H3,(H,19,22)/t14-,15-/m1/s1. The van der Waals surface area contributed by atoms with Gasteiger partial charge in [0.1, 0.15) is 12.2 Å². The second-order valence-corrected chi connectivity index (χ2v) is 7.18. The van der Waals surface area contributed by atoms with Crippen LogP contribution in [0.1, 0.15) is 32.8 Å². The largest absolute Gasteiger partial charge is 0.445 e. The molecule has 138 valence electrons. The van der Waals surface area contributed by atoms with Crippen LogP contribution in [0.25, 0.3) is 0 Å². The van der Waals surface area contributed by atoms with Crippen molar-refractivity contribution in [2.75, 3.05) is 13.1 Å². The lowest BCUT2D eigenvalue weighted by molar-refractivity contribution is -0.00260. The third-order valence-electron chi connectivity index (χ3n) is 3.61. The molecule has 0 spiro atoms. The van der Waals surface area contributed by atoms with Crippen molar-refractivity contribution in [2.45, 2.75) is 51.5 Å². The predicted octanol–water partition coefficient (Wildman–Crippen LogP) is 2.28. The fraction of sp³-hybridized carbons (Fsp3) is 0.556. The van der Waals surface area contributed by atoms with Gasteiger partial charge >= 0.3 is 12.2 Å². The van der Waals surface area contributed by atoms with Crippen LogP contribution in [-0.4, -0.2) is 53.0 Å². The SMILES string of the molecule is CC(C)(C)OC(=O)N1C[C@H](O)C[C@@H](NC(=O)OCc2ccccc2)C1. The summed E-state index contributed by atoms with van der Waals surface area (Å²) in [5.41, 5.74) is 0.272. The van der Waals surface area contributed by atoms with Crippen LogP contribution in [0.2, 0.25) is 0 Å². The van der Waals surface area contributed by atoms with Gasteiger partial charge in [-0.2, -0.15) is 0 Å². The van der Waals surface area contributed by atoms with Crippen LogP contribution in [0.15, 0.2) is 30.3 Å². The topological polar surface area (TPSA) is 88.1 Å². The number of alkyl carbamates (subject to hydrolysis) is 1. The second-order valence-electron chi connectivity index (χ2n) is 7.18. The molecule has 1 aliphatic heterocycles. The zero-order chi connectivity index (χ0) is 18.4. The molecule has 1 heterocycles. The Kier molecular flexibility index (Phi) is 6.25. The van der Waals surface area contributed by atoms with Gasteiger partial charge in [0.2, 0.25) is 0 Å². The first-order valence-corrected chi connectivity index (χ1v) is 8.36. The Morgan fingerprint density at radius 2 is 1.92 bits per heavy atom. The van der Waals surface area contributed by atoms with Gasteiger partial charge in [0.15, 0.2) is 0 Å². The maximum Gasteiger partial charge on any atom is 0.410 e. The summed E-state index contributed by atoms with van der Waals surface area (Å²) in [7, 11) is 0. The maximum absolute atomic E-state index is 12.1. The van der Waals surface area contributed by atoms with E-state index in [1.165, 1.54) is 4.90 Å². The molecule has 1 aromatic rings. The van der Waals surface area contributed by atoms with Gasteiger partial charge in [-0.25, -0.2) is 9.59 Å². The van der Waals surface area contributed by atoms with Gasteiger partial charge in [0, 0.05) is 6.54 Å². The maximum atomic E-state index is 12.1. The molecule has 1 saturated heterocycles. The zero-order valence-corrected chi connectivity index (χ0v) is 14.9. The van der Waals surface area contributed by atoms with E-state index in [9.17, 15) is 14.7 Å². The highest BCUT2D eigenvalue weighted by Gasteiger charge is 2.32. The molecule has 25 heavy (non-hydrogen) atoms. The Morgan fingerprint density at radius 3 is 2.56 bits per heavy atom. The third-order valence-corrected chi connectivity index (χ3v) is 3.61. The quantitative estimate of drug-likeness (QED) is 0.873. The number of carbonyl (C=O) groups excluding carboxylic acids is 2. The summed E-state index contributed by atoms with van der Waals surface area (Å²) in [5, 5.41) is 12.7. The van der Waals surface area contributed by atoms with E-state index in [0.717, 1.165) is 5.56 Å². The molecule has 0 aliphatic carbocycles. The molecule has 0 bridgehead atoms. The molecular weight excluding hydrogens is 324 g/mol. The van der Waals surface area contributed by atoms with Crippen LogP contribution in [0.3, 0.4) is 0 Å². The van der Waals surface area contributed by atoms with Crippen molar-refractivity contribution in [1.29, 1.82) is 0 Å². The Hall–Kier alpha value is -2.28. The summed E-state index contributed by atoms with van der Waals surface area (Å²) >= 11 is 0. The lowest BCUT2D eigenvalue weighted by Crippen LogP contribution is -2.55. The van der Waals surface area contributed by atoms with Crippen molar-refractivity contribution < 1.29 is 24.2 Å². The number of carbonyl (C=O) groups is 2. The molecule has 1 aromatic carbocycles. The lowest BCUT2D eigenvalue weighted by atomic mass is 10.0. The van der Waals surface area contributed by atoms with Crippen molar-refractivity contribution in [3.05, 3.63) is 35.9 Å². The molecule has 2 atom stereocenters. The number of aliphatic hydroxyl groups is 1. The van der Waals surface area contributed by atoms with Crippen molar-refractivity contribution in [3.8, 4) is 0 Å². The number of ether oxygens (including phenoxy) is 2. The van der Waals surface area contributed by atoms with Crippen LogP contribution in [-0.2, 0) is 16.1 Å². The zero-order valence-electron chi connectivity index (χ0n) is 14.9. The monoisotopic (exact) mass is 350 g/mol. The molecule has 7 heteroatoms. The number of rotatable bonds is 3. The lowest BCUT2D eigenvalue weighted by Gasteiger charge is -2.36. The van der Waals surface area contributed by atoms with Crippen LogP contribution >= 0.6 is 0 Å². The van der Waals surface area contributed by atoms with Gasteiger partial charge in [-0.15, -0.1) is 0 Å². The average molecular weight is 350 g/mol. The molecule has 1 fully saturated rings. The van der Waals surface area contributed by atoms with E-state index in [-0.39, 0.29) is 25.7 Å². The Balaban J connectivity index is 1.84. The van der Waals surface area contributed by atoms with Crippen LogP contribution in [0.4, 0.5) is 9.59 Å². The van der Waals surface area contributed by atoms with Crippen molar-refractivity contribution in [2.24, 2.45) is 0 Å². The number of hydrogen-bond donors (Lipinski definition) is 2. The highest BCUT2D eigenvalue weighted by atomic mass is 16.6. The number of nitrogens with one attached hydrogen (secondary N) is 1. The highest BCUT2D eigenvalue weighted by molar-refractivity contribution is 5.70. The smallest absolute Gasteiger partial charge is 0.410 e. The third kappa shape index (κ3) is 6.62. The molecule has 0 unspecified atom stereocenters. The number of nitrogens with zero attached hydrogens (tertiary/aromatic N) is 1. The first kappa shape index (κ1) is 19.1. The Morgan fingerprint density at radius 1 is 1.24 bits per heavy atom. The summed E-state index contributed by atoms with van der Waals surface area (Å²) in [6.07, 6.45) is -1.44. The first-order valence-electron chi connectivity index (χ1n) is 8.36. The molecule has 2 rings (SSSR count). The Labute approximate surface area is 147 Å². The van der Waals surface area contributed by atoms with Gasteiger partial charge in [-0.05, 0) is 32.8 Å². The van der Waals surface area contributed by atoms with Gasteiger partial charge in [-0.1, -0.05) is 30.3 Å².